The molecule has 11 heteroatoms. The second-order valence-electron chi connectivity index (χ2n) is 7.49. The number of halogens is 2. The minimum Gasteiger partial charge on any atom is -0.376 e. The van der Waals surface area contributed by atoms with Crippen LogP contribution in [0.2, 0.25) is 5.02 Å². The number of rotatable bonds is 7. The average Bonchev–Trinajstić information content (AvgIpc) is 3.22. The highest BCUT2D eigenvalue weighted by atomic mass is 35.5. The Hall–Kier alpha value is -2.63. The van der Waals surface area contributed by atoms with E-state index in [0.717, 1.165) is 18.9 Å². The molecule has 170 valence electrons. The normalized spacial score (nSPS) is 17.3. The average molecular weight is 463 g/mol. The molecule has 1 atom stereocenters. The Morgan fingerprint density at radius 1 is 1.41 bits per heavy atom. The molecule has 2 aromatic heterocycles. The van der Waals surface area contributed by atoms with Crippen LogP contribution in [0, 0.1) is 5.82 Å². The third kappa shape index (κ3) is 5.40. The Labute approximate surface area is 189 Å². The maximum absolute atomic E-state index is 13.4. The zero-order valence-electron chi connectivity index (χ0n) is 17.5. The van der Waals surface area contributed by atoms with Gasteiger partial charge in [-0.3, -0.25) is 10.7 Å². The molecule has 1 aliphatic rings. The van der Waals surface area contributed by atoms with Crippen LogP contribution in [0.5, 0.6) is 0 Å². The zero-order chi connectivity index (χ0) is 22.5. The fraction of sp³-hybridized carbons (Fsp3) is 0.381. The number of benzene rings is 1. The molecule has 32 heavy (non-hydrogen) atoms. The predicted molar refractivity (Wildman–Crippen MR) is 118 cm³/mol. The van der Waals surface area contributed by atoms with Crippen molar-refractivity contribution in [2.75, 3.05) is 40.0 Å². The number of aliphatic imine (C=N–C) groups is 1. The van der Waals surface area contributed by atoms with Gasteiger partial charge in [0, 0.05) is 31.3 Å². The van der Waals surface area contributed by atoms with Gasteiger partial charge in [0.1, 0.15) is 11.6 Å². The molecule has 0 radical (unpaired) electrons. The van der Waals surface area contributed by atoms with Gasteiger partial charge in [0.05, 0.1) is 42.2 Å². The van der Waals surface area contributed by atoms with E-state index in [9.17, 15) is 9.60 Å². The second-order valence-corrected chi connectivity index (χ2v) is 7.90. The number of ether oxygens (including phenoxy) is 2. The Bertz CT molecular complexity index is 1100. The van der Waals surface area contributed by atoms with Gasteiger partial charge in [-0.05, 0) is 31.3 Å². The Morgan fingerprint density at radius 3 is 3.03 bits per heavy atom. The summed E-state index contributed by atoms with van der Waals surface area (Å²) in [4.78, 5) is 18.6. The summed E-state index contributed by atoms with van der Waals surface area (Å²) in [7, 11) is 2.03. The fourth-order valence-electron chi connectivity index (χ4n) is 3.48. The molecule has 3 aromatic rings. The summed E-state index contributed by atoms with van der Waals surface area (Å²) >= 11 is 5.83. The molecule has 0 amide bonds. The highest BCUT2D eigenvalue weighted by Crippen LogP contribution is 2.23. The topological polar surface area (TPSA) is 108 Å². The molecule has 3 heterocycles. The van der Waals surface area contributed by atoms with Crippen molar-refractivity contribution in [1.29, 1.82) is 0 Å². The summed E-state index contributed by atoms with van der Waals surface area (Å²) in [5.41, 5.74) is 4.18. The van der Waals surface area contributed by atoms with E-state index in [-0.39, 0.29) is 17.0 Å². The van der Waals surface area contributed by atoms with Crippen LogP contribution >= 0.6 is 11.6 Å². The van der Waals surface area contributed by atoms with E-state index in [1.165, 1.54) is 18.2 Å². The van der Waals surface area contributed by atoms with Gasteiger partial charge in [-0.2, -0.15) is 0 Å². The fourth-order valence-corrected chi connectivity index (χ4v) is 3.66. The van der Waals surface area contributed by atoms with Crippen molar-refractivity contribution in [3.05, 3.63) is 52.7 Å². The Kier molecular flexibility index (Phi) is 7.28. The molecule has 9 nitrogen and oxygen atoms in total. The van der Waals surface area contributed by atoms with E-state index in [1.807, 2.05) is 7.05 Å². The molecule has 0 spiro atoms. The van der Waals surface area contributed by atoms with Crippen LogP contribution < -0.4 is 5.48 Å². The monoisotopic (exact) mass is 462 g/mol. The van der Waals surface area contributed by atoms with Crippen molar-refractivity contribution in [2.24, 2.45) is 4.99 Å². The number of nitrogens with one attached hydrogen (secondary N) is 2. The first kappa shape index (κ1) is 22.6. The summed E-state index contributed by atoms with van der Waals surface area (Å²) in [6, 6.07) is 5.76. The van der Waals surface area contributed by atoms with Gasteiger partial charge in [0.25, 0.3) is 0 Å². The number of H-pyrrole nitrogens is 1. The van der Waals surface area contributed by atoms with Crippen LogP contribution in [-0.2, 0) is 15.9 Å². The van der Waals surface area contributed by atoms with Gasteiger partial charge in [0.15, 0.2) is 11.5 Å². The molecule has 1 aliphatic heterocycles. The van der Waals surface area contributed by atoms with Gasteiger partial charge in [-0.1, -0.05) is 11.6 Å². The highest BCUT2D eigenvalue weighted by molar-refractivity contribution is 6.31. The van der Waals surface area contributed by atoms with Crippen LogP contribution in [0.4, 0.5) is 10.1 Å². The van der Waals surface area contributed by atoms with Crippen molar-refractivity contribution < 1.29 is 19.1 Å². The number of hydrogen-bond donors (Lipinski definition) is 3. The van der Waals surface area contributed by atoms with Crippen LogP contribution in [0.25, 0.3) is 11.2 Å². The number of imidazole rings is 1. The standard InChI is InChI=1S/C21H24ClFN6O3/c1-29(11-14-12-31-8-9-32-14)7-5-18-26-19-15(4-6-24-21(19)27-18)20(28-30)25-13-2-3-17(23)16(22)10-13/h2-4,6,10,14,30H,5,7-9,11-12H2,1H3,(H,25,28)(H,24,26,27). The van der Waals surface area contributed by atoms with Crippen LogP contribution in [0.1, 0.15) is 11.4 Å². The van der Waals surface area contributed by atoms with Crippen LogP contribution in [0.3, 0.4) is 0 Å². The Morgan fingerprint density at radius 2 is 2.28 bits per heavy atom. The lowest BCUT2D eigenvalue weighted by Gasteiger charge is -2.27. The number of pyridine rings is 1. The summed E-state index contributed by atoms with van der Waals surface area (Å²) in [5.74, 6) is 0.373. The molecular weight excluding hydrogens is 439 g/mol. The highest BCUT2D eigenvalue weighted by Gasteiger charge is 2.17. The third-order valence-electron chi connectivity index (χ3n) is 5.08. The second kappa shape index (κ2) is 10.3. The number of likely N-dealkylation sites (N-methyl/N-ethyl adjacent to an activating group) is 1. The van der Waals surface area contributed by atoms with Crippen molar-refractivity contribution in [3.8, 4) is 0 Å². The molecule has 4 rings (SSSR count). The molecule has 1 unspecified atom stereocenters. The lowest BCUT2D eigenvalue weighted by molar-refractivity contribution is -0.0956. The smallest absolute Gasteiger partial charge is 0.178 e. The van der Waals surface area contributed by atoms with Gasteiger partial charge < -0.3 is 19.4 Å². The summed E-state index contributed by atoms with van der Waals surface area (Å²) in [5, 5.41) is 9.64. The molecule has 0 saturated carbocycles. The quantitative estimate of drug-likeness (QED) is 0.281. The van der Waals surface area contributed by atoms with Crippen molar-refractivity contribution in [2.45, 2.75) is 12.5 Å². The molecular formula is C21H24ClFN6O3. The maximum atomic E-state index is 13.4. The van der Waals surface area contributed by atoms with Crippen LogP contribution in [0.15, 0.2) is 35.5 Å². The number of hydrogen-bond acceptors (Lipinski definition) is 7. The van der Waals surface area contributed by atoms with Crippen molar-refractivity contribution in [1.82, 2.24) is 25.3 Å². The van der Waals surface area contributed by atoms with Crippen molar-refractivity contribution >= 4 is 34.3 Å². The number of aromatic nitrogens is 3. The van der Waals surface area contributed by atoms with E-state index in [1.54, 1.807) is 12.3 Å². The largest absolute Gasteiger partial charge is 0.376 e. The van der Waals surface area contributed by atoms with Crippen molar-refractivity contribution in [3.63, 3.8) is 0 Å². The summed E-state index contributed by atoms with van der Waals surface area (Å²) < 4.78 is 24.6. The minimum absolute atomic E-state index is 0.0541. The van der Waals surface area contributed by atoms with E-state index >= 15 is 0 Å². The van der Waals surface area contributed by atoms with Crippen LogP contribution in [-0.4, -0.2) is 77.0 Å². The number of hydroxylamine groups is 1. The third-order valence-corrected chi connectivity index (χ3v) is 5.37. The minimum atomic E-state index is -0.541. The zero-order valence-corrected chi connectivity index (χ0v) is 18.3. The summed E-state index contributed by atoms with van der Waals surface area (Å²) in [6.45, 7) is 3.43. The molecule has 0 aliphatic carbocycles. The van der Waals surface area contributed by atoms with E-state index in [0.29, 0.717) is 48.7 Å². The molecule has 3 N–H and O–H groups in total. The van der Waals surface area contributed by atoms with Gasteiger partial charge >= 0.3 is 0 Å². The van der Waals surface area contributed by atoms with Gasteiger partial charge in [0.2, 0.25) is 0 Å². The van der Waals surface area contributed by atoms with Gasteiger partial charge in [-0.25, -0.2) is 19.4 Å². The first-order valence-electron chi connectivity index (χ1n) is 10.2. The molecule has 0 bridgehead atoms. The lowest BCUT2D eigenvalue weighted by atomic mass is 10.2. The summed E-state index contributed by atoms with van der Waals surface area (Å²) in [6.07, 6.45) is 2.33. The van der Waals surface area contributed by atoms with E-state index in [4.69, 9.17) is 21.1 Å². The molecule has 1 saturated heterocycles. The SMILES string of the molecule is CN(CCc1nc2nccc(C(=Nc3ccc(F)c(Cl)c3)NO)c2[nH]1)CC1COCCO1. The van der Waals surface area contributed by atoms with E-state index in [2.05, 4.69) is 30.3 Å². The number of fused-ring (bicyclic) bond motifs is 1. The lowest BCUT2D eigenvalue weighted by Crippen LogP contribution is -2.39. The molecule has 1 fully saturated rings. The molecule has 1 aromatic carbocycles. The Balaban J connectivity index is 1.50. The number of aromatic amines is 1. The number of nitrogens with zero attached hydrogens (tertiary/aromatic N) is 4. The maximum Gasteiger partial charge on any atom is 0.178 e. The van der Waals surface area contributed by atoms with Gasteiger partial charge in [-0.15, -0.1) is 0 Å². The van der Waals surface area contributed by atoms with E-state index < -0.39 is 5.82 Å². The first-order chi connectivity index (χ1) is 15.5. The number of amidine groups is 1. The first-order valence-corrected chi connectivity index (χ1v) is 10.6. The predicted octanol–water partition coefficient (Wildman–Crippen LogP) is 2.70.